The molecule has 8 nitrogen and oxygen atoms in total. The molecule has 9 heteroatoms. The fourth-order valence-electron chi connectivity index (χ4n) is 5.42. The minimum absolute atomic E-state index is 0.0299. The molecule has 3 aromatic rings. The fourth-order valence-corrected chi connectivity index (χ4v) is 5.42. The molecule has 1 aliphatic heterocycles. The summed E-state index contributed by atoms with van der Waals surface area (Å²) < 4.78 is 25.1. The first-order valence-electron chi connectivity index (χ1n) is 13.1. The number of carbonyl (C=O) groups excluding carboxylic acids is 2. The molecule has 1 unspecified atom stereocenters. The minimum Gasteiger partial charge on any atom is -0.494 e. The van der Waals surface area contributed by atoms with Crippen molar-refractivity contribution in [3.05, 3.63) is 54.0 Å². The van der Waals surface area contributed by atoms with Crippen molar-refractivity contribution in [1.29, 1.82) is 0 Å². The molecule has 2 amide bonds. The van der Waals surface area contributed by atoms with Crippen LogP contribution in [0.1, 0.15) is 51.0 Å². The molecule has 2 fully saturated rings. The highest BCUT2D eigenvalue weighted by Gasteiger charge is 2.44. The average molecular weight is 521 g/mol. The van der Waals surface area contributed by atoms with Crippen LogP contribution in [0.4, 0.5) is 9.18 Å². The standard InChI is InChI=1S/C29H33FN4O4/c1-5-37-22-9-6-17(7-10-22)26-32-24-14-20(30)8-11-23(24)25(33-26)27(35)31-21-12-18-15-34(16-19(18)13-21)28(36)38-29(2,3)4/h6-11,14,18-19,21H,5,12-13,15-16H2,1-4H3,(H,31,35)/t18-,19+,21?. The Labute approximate surface area is 221 Å². The number of rotatable bonds is 5. The zero-order chi connectivity index (χ0) is 27.0. The van der Waals surface area contributed by atoms with Crippen molar-refractivity contribution >= 4 is 22.9 Å². The van der Waals surface area contributed by atoms with E-state index in [4.69, 9.17) is 9.47 Å². The molecule has 1 aliphatic carbocycles. The van der Waals surface area contributed by atoms with Crippen molar-refractivity contribution < 1.29 is 23.5 Å². The van der Waals surface area contributed by atoms with Gasteiger partial charge in [-0.1, -0.05) is 0 Å². The third-order valence-electron chi connectivity index (χ3n) is 7.04. The third-order valence-corrected chi connectivity index (χ3v) is 7.04. The van der Waals surface area contributed by atoms with Gasteiger partial charge in [0.2, 0.25) is 0 Å². The second kappa shape index (κ2) is 10.2. The van der Waals surface area contributed by atoms with Gasteiger partial charge in [0, 0.05) is 36.1 Å². The van der Waals surface area contributed by atoms with Gasteiger partial charge in [-0.05, 0) is 88.8 Å². The quantitative estimate of drug-likeness (QED) is 0.496. The number of amides is 2. The SMILES string of the molecule is CCOc1ccc(-c2nc(C(=O)NC3C[C@@H]4CN(C(=O)OC(C)(C)C)C[C@@H]4C3)c3ccc(F)cc3n2)cc1. The molecule has 200 valence electrons. The molecule has 0 radical (unpaired) electrons. The van der Waals surface area contributed by atoms with Gasteiger partial charge in [-0.25, -0.2) is 19.2 Å². The lowest BCUT2D eigenvalue weighted by Gasteiger charge is -2.25. The van der Waals surface area contributed by atoms with Crippen LogP contribution in [-0.2, 0) is 4.74 Å². The van der Waals surface area contributed by atoms with E-state index in [1.807, 2.05) is 52.0 Å². The van der Waals surface area contributed by atoms with E-state index in [0.717, 1.165) is 18.6 Å². The highest BCUT2D eigenvalue weighted by atomic mass is 19.1. The van der Waals surface area contributed by atoms with E-state index in [0.29, 0.717) is 53.8 Å². The highest BCUT2D eigenvalue weighted by molar-refractivity contribution is 6.05. The van der Waals surface area contributed by atoms with E-state index in [-0.39, 0.29) is 23.7 Å². The van der Waals surface area contributed by atoms with Crippen LogP contribution in [0.2, 0.25) is 0 Å². The van der Waals surface area contributed by atoms with Crippen molar-refractivity contribution in [3.63, 3.8) is 0 Å². The minimum atomic E-state index is -0.529. The summed E-state index contributed by atoms with van der Waals surface area (Å²) in [6.45, 7) is 9.30. The highest BCUT2D eigenvalue weighted by Crippen LogP contribution is 2.39. The van der Waals surface area contributed by atoms with Crippen LogP contribution < -0.4 is 10.1 Å². The fraction of sp³-hybridized carbons (Fsp3) is 0.448. The largest absolute Gasteiger partial charge is 0.494 e. The topological polar surface area (TPSA) is 93.7 Å². The molecule has 1 N–H and O–H groups in total. The number of benzene rings is 2. The molecule has 2 aliphatic rings. The Balaban J connectivity index is 1.32. The zero-order valence-electron chi connectivity index (χ0n) is 22.2. The van der Waals surface area contributed by atoms with E-state index in [9.17, 15) is 14.0 Å². The van der Waals surface area contributed by atoms with Gasteiger partial charge in [-0.15, -0.1) is 0 Å². The normalized spacial score (nSPS) is 20.9. The lowest BCUT2D eigenvalue weighted by molar-refractivity contribution is 0.0278. The van der Waals surface area contributed by atoms with E-state index >= 15 is 0 Å². The maximum absolute atomic E-state index is 14.1. The molecule has 0 bridgehead atoms. The molecule has 0 spiro atoms. The van der Waals surface area contributed by atoms with Crippen LogP contribution >= 0.6 is 0 Å². The van der Waals surface area contributed by atoms with Crippen LogP contribution in [0.25, 0.3) is 22.3 Å². The van der Waals surface area contributed by atoms with Gasteiger partial charge in [0.25, 0.3) is 5.91 Å². The molecule has 1 saturated carbocycles. The number of halogens is 1. The van der Waals surface area contributed by atoms with Crippen LogP contribution in [0, 0.1) is 17.7 Å². The van der Waals surface area contributed by atoms with Crippen molar-refractivity contribution in [1.82, 2.24) is 20.2 Å². The smallest absolute Gasteiger partial charge is 0.410 e. The molecule has 3 atom stereocenters. The van der Waals surface area contributed by atoms with Crippen molar-refractivity contribution in [2.75, 3.05) is 19.7 Å². The Morgan fingerprint density at radius 2 is 1.74 bits per heavy atom. The van der Waals surface area contributed by atoms with Crippen LogP contribution in [0.15, 0.2) is 42.5 Å². The second-order valence-electron chi connectivity index (χ2n) is 11.1. The average Bonchev–Trinajstić information content (AvgIpc) is 3.42. The van der Waals surface area contributed by atoms with Gasteiger partial charge >= 0.3 is 6.09 Å². The summed E-state index contributed by atoms with van der Waals surface area (Å²) in [6, 6.07) is 11.4. The third kappa shape index (κ3) is 5.56. The summed E-state index contributed by atoms with van der Waals surface area (Å²) in [5.41, 5.74) is 0.751. The van der Waals surface area contributed by atoms with Gasteiger partial charge in [0.05, 0.1) is 12.1 Å². The first-order valence-corrected chi connectivity index (χ1v) is 13.1. The molecular formula is C29H33FN4O4. The molecule has 1 saturated heterocycles. The maximum Gasteiger partial charge on any atom is 0.410 e. The number of nitrogens with one attached hydrogen (secondary N) is 1. The Kier molecular flexibility index (Phi) is 6.94. The number of likely N-dealkylation sites (tertiary alicyclic amines) is 1. The second-order valence-corrected chi connectivity index (χ2v) is 11.1. The Morgan fingerprint density at radius 3 is 2.37 bits per heavy atom. The van der Waals surface area contributed by atoms with Crippen LogP contribution in [0.3, 0.4) is 0 Å². The monoisotopic (exact) mass is 520 g/mol. The maximum atomic E-state index is 14.1. The summed E-state index contributed by atoms with van der Waals surface area (Å²) in [7, 11) is 0. The first kappa shape index (κ1) is 25.9. The Hall–Kier alpha value is -3.75. The van der Waals surface area contributed by atoms with Gasteiger partial charge < -0.3 is 19.7 Å². The molecule has 2 aromatic carbocycles. The summed E-state index contributed by atoms with van der Waals surface area (Å²) >= 11 is 0. The number of aromatic nitrogens is 2. The Morgan fingerprint density at radius 1 is 1.05 bits per heavy atom. The van der Waals surface area contributed by atoms with Crippen molar-refractivity contribution in [2.45, 2.75) is 52.2 Å². The van der Waals surface area contributed by atoms with Gasteiger partial charge in [0.15, 0.2) is 5.82 Å². The van der Waals surface area contributed by atoms with Crippen LogP contribution in [0.5, 0.6) is 5.75 Å². The Bertz CT molecular complexity index is 1340. The number of carbonyl (C=O) groups is 2. The number of nitrogens with zero attached hydrogens (tertiary/aromatic N) is 3. The van der Waals surface area contributed by atoms with E-state index in [1.54, 1.807) is 11.0 Å². The molecule has 2 heterocycles. The number of hydrogen-bond acceptors (Lipinski definition) is 6. The molecule has 1 aromatic heterocycles. The van der Waals surface area contributed by atoms with E-state index < -0.39 is 11.4 Å². The lowest BCUT2D eigenvalue weighted by Crippen LogP contribution is -2.38. The number of fused-ring (bicyclic) bond motifs is 2. The predicted octanol–water partition coefficient (Wildman–Crippen LogP) is 5.21. The van der Waals surface area contributed by atoms with Gasteiger partial charge in [0.1, 0.15) is 22.9 Å². The van der Waals surface area contributed by atoms with Gasteiger partial charge in [-0.3, -0.25) is 4.79 Å². The summed E-state index contributed by atoms with van der Waals surface area (Å²) in [4.78, 5) is 36.9. The molecule has 5 rings (SSSR count). The summed E-state index contributed by atoms with van der Waals surface area (Å²) in [6.07, 6.45) is 1.27. The lowest BCUT2D eigenvalue weighted by atomic mass is 10.0. The van der Waals surface area contributed by atoms with E-state index in [1.165, 1.54) is 12.1 Å². The van der Waals surface area contributed by atoms with E-state index in [2.05, 4.69) is 15.3 Å². The van der Waals surface area contributed by atoms with Crippen molar-refractivity contribution in [2.24, 2.45) is 11.8 Å². The van der Waals surface area contributed by atoms with Crippen LogP contribution in [-0.4, -0.2) is 58.2 Å². The summed E-state index contributed by atoms with van der Waals surface area (Å²) in [5, 5.41) is 3.63. The number of ether oxygens (including phenoxy) is 2. The zero-order valence-corrected chi connectivity index (χ0v) is 22.2. The van der Waals surface area contributed by atoms with Crippen molar-refractivity contribution in [3.8, 4) is 17.1 Å². The molecule has 38 heavy (non-hydrogen) atoms. The van der Waals surface area contributed by atoms with Gasteiger partial charge in [-0.2, -0.15) is 0 Å². The number of hydrogen-bond donors (Lipinski definition) is 1. The first-order chi connectivity index (χ1) is 18.1. The predicted molar refractivity (Wildman–Crippen MR) is 141 cm³/mol. The summed E-state index contributed by atoms with van der Waals surface area (Å²) in [5.74, 6) is 0.932. The molecular weight excluding hydrogens is 487 g/mol.